The van der Waals surface area contributed by atoms with Crippen LogP contribution in [-0.2, 0) is 4.79 Å². The Morgan fingerprint density at radius 2 is 2.04 bits per heavy atom. The number of fused-ring (bicyclic) bond motifs is 1. The van der Waals surface area contributed by atoms with Gasteiger partial charge in [0.25, 0.3) is 5.56 Å². The van der Waals surface area contributed by atoms with Crippen molar-refractivity contribution >= 4 is 49.1 Å². The van der Waals surface area contributed by atoms with Crippen molar-refractivity contribution in [3.8, 4) is 0 Å². The largest absolute Gasteiger partial charge is 0.312 e. The van der Waals surface area contributed by atoms with E-state index in [4.69, 9.17) is 0 Å². The summed E-state index contributed by atoms with van der Waals surface area (Å²) in [5.74, 6) is 0.551. The second kappa shape index (κ2) is 5.82. The van der Waals surface area contributed by atoms with Crippen LogP contribution in [0.4, 0.5) is 5.69 Å². The number of H-pyrrole nitrogens is 1. The highest BCUT2D eigenvalue weighted by Gasteiger charge is 2.33. The third kappa shape index (κ3) is 2.67. The molecule has 4 rings (SSSR count). The molecule has 24 heavy (non-hydrogen) atoms. The highest BCUT2D eigenvalue weighted by Crippen LogP contribution is 2.31. The van der Waals surface area contributed by atoms with Crippen molar-refractivity contribution in [2.45, 2.75) is 19.3 Å². The van der Waals surface area contributed by atoms with Crippen LogP contribution >= 0.6 is 27.3 Å². The van der Waals surface area contributed by atoms with E-state index in [-0.39, 0.29) is 17.4 Å². The molecule has 0 aliphatic carbocycles. The monoisotopic (exact) mass is 403 g/mol. The summed E-state index contributed by atoms with van der Waals surface area (Å²) >= 11 is 4.90. The van der Waals surface area contributed by atoms with Crippen LogP contribution in [0.5, 0.6) is 0 Å². The number of carbonyl (C=O) groups is 1. The molecule has 0 bridgehead atoms. The summed E-state index contributed by atoms with van der Waals surface area (Å²) in [6, 6.07) is 9.50. The van der Waals surface area contributed by atoms with Crippen molar-refractivity contribution < 1.29 is 4.79 Å². The minimum Gasteiger partial charge on any atom is -0.312 e. The SMILES string of the molecule is Cc1cc2c(=O)[nH]c([C@H]3CC(=O)N(c4ccc(Br)cc4)C3)nc2s1. The molecule has 0 radical (unpaired) electrons. The zero-order valence-corrected chi connectivity index (χ0v) is 15.3. The number of hydrogen-bond donors (Lipinski definition) is 1. The molecule has 1 aliphatic heterocycles. The molecule has 1 aromatic carbocycles. The summed E-state index contributed by atoms with van der Waals surface area (Å²) in [7, 11) is 0. The fourth-order valence-electron chi connectivity index (χ4n) is 3.02. The van der Waals surface area contributed by atoms with Crippen LogP contribution in [0.3, 0.4) is 0 Å². The van der Waals surface area contributed by atoms with Gasteiger partial charge in [0.2, 0.25) is 5.91 Å². The first-order valence-corrected chi connectivity index (χ1v) is 9.18. The maximum atomic E-state index is 12.4. The Hall–Kier alpha value is -1.99. The normalized spacial score (nSPS) is 17.8. The minimum absolute atomic E-state index is 0.0485. The van der Waals surface area contributed by atoms with Crippen molar-refractivity contribution in [2.24, 2.45) is 0 Å². The van der Waals surface area contributed by atoms with E-state index in [2.05, 4.69) is 25.9 Å². The molecule has 3 heterocycles. The molecule has 0 spiro atoms. The Morgan fingerprint density at radius 3 is 2.79 bits per heavy atom. The van der Waals surface area contributed by atoms with E-state index in [1.165, 1.54) is 11.3 Å². The van der Waals surface area contributed by atoms with Gasteiger partial charge in [0.05, 0.1) is 5.39 Å². The van der Waals surface area contributed by atoms with E-state index in [1.807, 2.05) is 37.3 Å². The Balaban J connectivity index is 1.67. The van der Waals surface area contributed by atoms with Crippen LogP contribution in [0.1, 0.15) is 23.0 Å². The molecule has 1 saturated heterocycles. The second-order valence-electron chi connectivity index (χ2n) is 5.91. The maximum Gasteiger partial charge on any atom is 0.259 e. The Kier molecular flexibility index (Phi) is 3.77. The molecular weight excluding hydrogens is 390 g/mol. The summed E-state index contributed by atoms with van der Waals surface area (Å²) in [6.07, 6.45) is 0.356. The lowest BCUT2D eigenvalue weighted by molar-refractivity contribution is -0.117. The number of aromatic amines is 1. The van der Waals surface area contributed by atoms with Gasteiger partial charge in [0, 0.05) is 33.9 Å². The van der Waals surface area contributed by atoms with Gasteiger partial charge in [-0.2, -0.15) is 0 Å². The van der Waals surface area contributed by atoms with E-state index < -0.39 is 0 Å². The molecule has 1 N–H and O–H groups in total. The van der Waals surface area contributed by atoms with E-state index in [9.17, 15) is 9.59 Å². The molecule has 2 aromatic heterocycles. The average molecular weight is 404 g/mol. The van der Waals surface area contributed by atoms with Gasteiger partial charge in [0.15, 0.2) is 0 Å². The van der Waals surface area contributed by atoms with Crippen molar-refractivity contribution in [3.05, 3.63) is 55.9 Å². The lowest BCUT2D eigenvalue weighted by Crippen LogP contribution is -2.24. The van der Waals surface area contributed by atoms with Gasteiger partial charge in [-0.3, -0.25) is 9.59 Å². The van der Waals surface area contributed by atoms with Gasteiger partial charge in [-0.1, -0.05) is 15.9 Å². The number of halogens is 1. The Morgan fingerprint density at radius 1 is 1.29 bits per heavy atom. The summed E-state index contributed by atoms with van der Waals surface area (Å²) in [6.45, 7) is 2.49. The number of nitrogens with one attached hydrogen (secondary N) is 1. The van der Waals surface area contributed by atoms with Crippen LogP contribution in [0.15, 0.2) is 39.6 Å². The zero-order chi connectivity index (χ0) is 16.8. The fraction of sp³-hybridized carbons (Fsp3) is 0.235. The molecule has 1 aliphatic rings. The molecule has 3 aromatic rings. The lowest BCUT2D eigenvalue weighted by Gasteiger charge is -2.16. The average Bonchev–Trinajstić information content (AvgIpc) is 3.11. The number of thiophene rings is 1. The molecule has 5 nitrogen and oxygen atoms in total. The molecule has 0 unspecified atom stereocenters. The van der Waals surface area contributed by atoms with Crippen LogP contribution in [0.2, 0.25) is 0 Å². The number of rotatable bonds is 2. The molecule has 7 heteroatoms. The molecular formula is C17H14BrN3O2S. The molecule has 1 atom stereocenters. The molecule has 1 amide bonds. The second-order valence-corrected chi connectivity index (χ2v) is 8.06. The highest BCUT2D eigenvalue weighted by molar-refractivity contribution is 9.10. The first-order chi connectivity index (χ1) is 11.5. The van der Waals surface area contributed by atoms with E-state index in [1.54, 1.807) is 4.90 Å². The number of carbonyl (C=O) groups excluding carboxylic acids is 1. The van der Waals surface area contributed by atoms with E-state index in [0.29, 0.717) is 24.2 Å². The predicted molar refractivity (Wildman–Crippen MR) is 98.8 cm³/mol. The number of aromatic nitrogens is 2. The maximum absolute atomic E-state index is 12.4. The Bertz CT molecular complexity index is 993. The van der Waals surface area contributed by atoms with Crippen molar-refractivity contribution in [1.82, 2.24) is 9.97 Å². The first kappa shape index (κ1) is 15.5. The highest BCUT2D eigenvalue weighted by atomic mass is 79.9. The number of benzene rings is 1. The summed E-state index contributed by atoms with van der Waals surface area (Å²) in [4.78, 5) is 35.6. The smallest absolute Gasteiger partial charge is 0.259 e. The topological polar surface area (TPSA) is 66.1 Å². The predicted octanol–water partition coefficient (Wildman–Crippen LogP) is 3.58. The van der Waals surface area contributed by atoms with Crippen molar-refractivity contribution in [2.75, 3.05) is 11.4 Å². The summed E-state index contributed by atoms with van der Waals surface area (Å²) < 4.78 is 0.971. The van der Waals surface area contributed by atoms with Gasteiger partial charge in [0.1, 0.15) is 10.7 Å². The number of anilines is 1. The number of amides is 1. The van der Waals surface area contributed by atoms with Gasteiger partial charge < -0.3 is 9.88 Å². The fourth-order valence-corrected chi connectivity index (χ4v) is 4.17. The summed E-state index contributed by atoms with van der Waals surface area (Å²) in [5.41, 5.74) is 0.731. The molecule has 1 fully saturated rings. The standard InChI is InChI=1S/C17H14BrN3O2S/c1-9-6-13-16(23)19-15(20-17(13)24-9)10-7-14(22)21(8-10)12-4-2-11(18)3-5-12/h2-6,10H,7-8H2,1H3,(H,19,20,23)/t10-/m0/s1. The van der Waals surface area contributed by atoms with Gasteiger partial charge in [-0.15, -0.1) is 11.3 Å². The lowest BCUT2D eigenvalue weighted by atomic mass is 10.1. The minimum atomic E-state index is -0.131. The van der Waals surface area contributed by atoms with Gasteiger partial charge in [-0.25, -0.2) is 4.98 Å². The third-order valence-electron chi connectivity index (χ3n) is 4.19. The number of nitrogens with zero attached hydrogens (tertiary/aromatic N) is 2. The molecule has 0 saturated carbocycles. The van der Waals surface area contributed by atoms with Crippen molar-refractivity contribution in [1.29, 1.82) is 0 Å². The van der Waals surface area contributed by atoms with Gasteiger partial charge in [-0.05, 0) is 37.3 Å². The third-order valence-corrected chi connectivity index (χ3v) is 5.67. The van der Waals surface area contributed by atoms with Crippen LogP contribution in [-0.4, -0.2) is 22.4 Å². The number of hydrogen-bond acceptors (Lipinski definition) is 4. The quantitative estimate of drug-likeness (QED) is 0.710. The Labute approximate surface area is 150 Å². The number of aryl methyl sites for hydroxylation is 1. The van der Waals surface area contributed by atoms with Crippen LogP contribution < -0.4 is 10.5 Å². The van der Waals surface area contributed by atoms with Gasteiger partial charge >= 0.3 is 0 Å². The van der Waals surface area contributed by atoms with Crippen LogP contribution in [0.25, 0.3) is 10.2 Å². The van der Waals surface area contributed by atoms with Crippen LogP contribution in [0, 0.1) is 6.92 Å². The molecule has 122 valence electrons. The zero-order valence-electron chi connectivity index (χ0n) is 12.9. The summed E-state index contributed by atoms with van der Waals surface area (Å²) in [5, 5.41) is 0.621. The first-order valence-electron chi connectivity index (χ1n) is 7.57. The van der Waals surface area contributed by atoms with E-state index >= 15 is 0 Å². The van der Waals surface area contributed by atoms with Crippen molar-refractivity contribution in [3.63, 3.8) is 0 Å². The van der Waals surface area contributed by atoms with E-state index in [0.717, 1.165) is 19.9 Å².